The first-order chi connectivity index (χ1) is 5.27. The van der Waals surface area contributed by atoms with Gasteiger partial charge in [0.05, 0.1) is 12.1 Å². The molecule has 0 aliphatic carbocycles. The zero-order valence-corrected chi connectivity index (χ0v) is 6.45. The lowest BCUT2D eigenvalue weighted by Gasteiger charge is -2.06. The van der Waals surface area contributed by atoms with E-state index in [1.807, 2.05) is 0 Å². The minimum atomic E-state index is -0.0371. The minimum absolute atomic E-state index is 0.0371. The fraction of sp³-hybridized carbons (Fsp3) is 0.833. The van der Waals surface area contributed by atoms with Gasteiger partial charge >= 0.3 is 0 Å². The number of nitrogens with two attached hydrogens (primary N) is 1. The maximum Gasteiger partial charge on any atom is 0.156 e. The van der Waals surface area contributed by atoms with E-state index in [0.717, 1.165) is 13.0 Å². The lowest BCUT2D eigenvalue weighted by molar-refractivity contribution is 0.118. The number of hydrogen-bond donors (Lipinski definition) is 3. The van der Waals surface area contributed by atoms with Crippen molar-refractivity contribution in [3.63, 3.8) is 0 Å². The topological polar surface area (TPSA) is 79.9 Å². The van der Waals surface area contributed by atoms with E-state index in [1.165, 1.54) is 0 Å². The second kappa shape index (κ2) is 3.54. The van der Waals surface area contributed by atoms with E-state index in [2.05, 4.69) is 10.5 Å². The molecule has 5 heteroatoms. The van der Waals surface area contributed by atoms with E-state index in [1.54, 1.807) is 7.11 Å². The fourth-order valence-electron chi connectivity index (χ4n) is 1.18. The third kappa shape index (κ3) is 1.81. The Morgan fingerprint density at radius 2 is 2.55 bits per heavy atom. The van der Waals surface area contributed by atoms with Gasteiger partial charge in [0, 0.05) is 13.7 Å². The highest BCUT2D eigenvalue weighted by atomic mass is 16.5. The predicted molar refractivity (Wildman–Crippen MR) is 40.6 cm³/mol. The molecule has 1 rings (SSSR count). The van der Waals surface area contributed by atoms with Gasteiger partial charge in [-0.1, -0.05) is 5.16 Å². The molecule has 1 fully saturated rings. The number of hydrogen-bond acceptors (Lipinski definition) is 4. The van der Waals surface area contributed by atoms with Gasteiger partial charge in [-0.2, -0.15) is 0 Å². The molecule has 64 valence electrons. The lowest BCUT2D eigenvalue weighted by Crippen LogP contribution is -2.36. The molecule has 0 unspecified atom stereocenters. The number of oxime groups is 1. The van der Waals surface area contributed by atoms with Crippen molar-refractivity contribution in [2.45, 2.75) is 18.6 Å². The summed E-state index contributed by atoms with van der Waals surface area (Å²) >= 11 is 0. The van der Waals surface area contributed by atoms with Crippen molar-refractivity contribution >= 4 is 5.84 Å². The summed E-state index contributed by atoms with van der Waals surface area (Å²) in [5.41, 5.74) is 5.38. The highest BCUT2D eigenvalue weighted by Gasteiger charge is 2.26. The number of methoxy groups -OCH3 is 1. The van der Waals surface area contributed by atoms with Crippen LogP contribution in [0.4, 0.5) is 0 Å². The summed E-state index contributed by atoms with van der Waals surface area (Å²) in [6.45, 7) is 0.761. The zero-order chi connectivity index (χ0) is 8.27. The molecule has 0 aromatic heterocycles. The van der Waals surface area contributed by atoms with Crippen LogP contribution in [0.25, 0.3) is 0 Å². The summed E-state index contributed by atoms with van der Waals surface area (Å²) < 4.78 is 5.08. The van der Waals surface area contributed by atoms with Crippen LogP contribution >= 0.6 is 0 Å². The van der Waals surface area contributed by atoms with E-state index in [4.69, 9.17) is 15.7 Å². The molecular formula is C6H13N3O2. The van der Waals surface area contributed by atoms with Crippen molar-refractivity contribution in [1.82, 2.24) is 5.32 Å². The first kappa shape index (κ1) is 8.29. The standard InChI is InChI=1S/C6H13N3O2/c1-11-4-2-5(8-3-4)6(7)9-10/h4-5,8,10H,2-3H2,1H3,(H2,7,9)/t4-,5+/m1/s1. The van der Waals surface area contributed by atoms with Crippen LogP contribution in [0.5, 0.6) is 0 Å². The zero-order valence-electron chi connectivity index (χ0n) is 6.45. The van der Waals surface area contributed by atoms with Gasteiger partial charge in [-0.15, -0.1) is 0 Å². The van der Waals surface area contributed by atoms with Gasteiger partial charge in [-0.05, 0) is 6.42 Å². The van der Waals surface area contributed by atoms with E-state index in [0.29, 0.717) is 0 Å². The summed E-state index contributed by atoms with van der Waals surface area (Å²) in [7, 11) is 1.65. The molecule has 1 saturated heterocycles. The minimum Gasteiger partial charge on any atom is -0.409 e. The summed E-state index contributed by atoms with van der Waals surface area (Å²) in [5, 5.41) is 14.3. The molecule has 0 bridgehead atoms. The van der Waals surface area contributed by atoms with E-state index >= 15 is 0 Å². The Balaban J connectivity index is 2.41. The highest BCUT2D eigenvalue weighted by molar-refractivity contribution is 5.85. The van der Waals surface area contributed by atoms with Crippen molar-refractivity contribution in [1.29, 1.82) is 0 Å². The molecule has 2 atom stereocenters. The second-order valence-corrected chi connectivity index (χ2v) is 2.58. The lowest BCUT2D eigenvalue weighted by atomic mass is 10.2. The van der Waals surface area contributed by atoms with Crippen LogP contribution in [0.3, 0.4) is 0 Å². The summed E-state index contributed by atoms with van der Waals surface area (Å²) in [5.74, 6) is 0.226. The van der Waals surface area contributed by atoms with Crippen LogP contribution in [0.15, 0.2) is 5.16 Å². The number of ether oxygens (including phenoxy) is 1. The summed E-state index contributed by atoms with van der Waals surface area (Å²) in [6, 6.07) is -0.0371. The van der Waals surface area contributed by atoms with Crippen LogP contribution in [0.2, 0.25) is 0 Å². The number of nitrogens with zero attached hydrogens (tertiary/aromatic N) is 1. The van der Waals surface area contributed by atoms with Crippen molar-refractivity contribution in [2.75, 3.05) is 13.7 Å². The van der Waals surface area contributed by atoms with Gasteiger partial charge in [0.15, 0.2) is 5.84 Å². The fourth-order valence-corrected chi connectivity index (χ4v) is 1.18. The number of nitrogens with one attached hydrogen (secondary N) is 1. The third-order valence-electron chi connectivity index (χ3n) is 1.90. The molecule has 0 amide bonds. The van der Waals surface area contributed by atoms with E-state index in [9.17, 15) is 0 Å². The van der Waals surface area contributed by atoms with Crippen LogP contribution in [-0.4, -0.2) is 36.8 Å². The predicted octanol–water partition coefficient (Wildman–Crippen LogP) is -0.890. The second-order valence-electron chi connectivity index (χ2n) is 2.58. The molecular weight excluding hydrogens is 146 g/mol. The molecule has 0 aromatic rings. The smallest absolute Gasteiger partial charge is 0.156 e. The highest BCUT2D eigenvalue weighted by Crippen LogP contribution is 2.08. The molecule has 0 aromatic carbocycles. The Bertz CT molecular complexity index is 160. The Morgan fingerprint density at radius 1 is 1.82 bits per heavy atom. The first-order valence-electron chi connectivity index (χ1n) is 3.51. The van der Waals surface area contributed by atoms with E-state index < -0.39 is 0 Å². The molecule has 0 radical (unpaired) electrons. The molecule has 0 saturated carbocycles. The number of rotatable bonds is 2. The Labute approximate surface area is 65.2 Å². The summed E-state index contributed by atoms with van der Waals surface area (Å²) in [4.78, 5) is 0. The van der Waals surface area contributed by atoms with E-state index in [-0.39, 0.29) is 18.0 Å². The molecule has 1 aliphatic heterocycles. The van der Waals surface area contributed by atoms with Gasteiger partial charge in [0.2, 0.25) is 0 Å². The number of amidine groups is 1. The van der Waals surface area contributed by atoms with Crippen molar-refractivity contribution in [3.8, 4) is 0 Å². The average Bonchev–Trinajstić information content (AvgIpc) is 2.50. The molecule has 1 aliphatic rings. The molecule has 1 heterocycles. The molecule has 11 heavy (non-hydrogen) atoms. The molecule has 0 spiro atoms. The first-order valence-corrected chi connectivity index (χ1v) is 3.51. The molecule has 4 N–H and O–H groups in total. The van der Waals surface area contributed by atoms with Gasteiger partial charge in [-0.3, -0.25) is 0 Å². The van der Waals surface area contributed by atoms with Crippen LogP contribution in [0.1, 0.15) is 6.42 Å². The Hall–Kier alpha value is -0.810. The maximum atomic E-state index is 8.34. The third-order valence-corrected chi connectivity index (χ3v) is 1.90. The van der Waals surface area contributed by atoms with Gasteiger partial charge < -0.3 is 21.0 Å². The quantitative estimate of drug-likeness (QED) is 0.211. The maximum absolute atomic E-state index is 8.34. The van der Waals surface area contributed by atoms with Crippen molar-refractivity contribution in [3.05, 3.63) is 0 Å². The largest absolute Gasteiger partial charge is 0.409 e. The normalized spacial score (nSPS) is 32.6. The van der Waals surface area contributed by atoms with Crippen LogP contribution in [0, 0.1) is 0 Å². The molecule has 5 nitrogen and oxygen atoms in total. The van der Waals surface area contributed by atoms with Crippen LogP contribution < -0.4 is 11.1 Å². The monoisotopic (exact) mass is 159 g/mol. The Morgan fingerprint density at radius 3 is 3.00 bits per heavy atom. The summed E-state index contributed by atoms with van der Waals surface area (Å²) in [6.07, 6.45) is 0.951. The van der Waals surface area contributed by atoms with Gasteiger partial charge in [0.1, 0.15) is 0 Å². The van der Waals surface area contributed by atoms with Crippen molar-refractivity contribution < 1.29 is 9.94 Å². The van der Waals surface area contributed by atoms with Gasteiger partial charge in [0.25, 0.3) is 0 Å². The average molecular weight is 159 g/mol. The van der Waals surface area contributed by atoms with Crippen molar-refractivity contribution in [2.24, 2.45) is 10.9 Å². The van der Waals surface area contributed by atoms with Crippen LogP contribution in [-0.2, 0) is 4.74 Å². The Kier molecular flexibility index (Phi) is 2.67. The SMILES string of the molecule is CO[C@H]1CN[C@H](C(N)=NO)C1. The van der Waals surface area contributed by atoms with Gasteiger partial charge in [-0.25, -0.2) is 0 Å².